The lowest BCUT2D eigenvalue weighted by Crippen LogP contribution is -1.88. The molecule has 0 spiro atoms. The fourth-order valence-electron chi connectivity index (χ4n) is 5.01. The maximum atomic E-state index is 10.8. The van der Waals surface area contributed by atoms with Gasteiger partial charge in [0.15, 0.2) is 0 Å². The van der Waals surface area contributed by atoms with Crippen molar-refractivity contribution in [3.8, 4) is 0 Å². The first kappa shape index (κ1) is 35.9. The Morgan fingerprint density at radius 1 is 0.343 bits per heavy atom. The Balaban J connectivity index is 3.04. The van der Waals surface area contributed by atoms with Crippen LogP contribution in [-0.4, -0.2) is 20.4 Å². The predicted octanol–water partition coefficient (Wildman–Crippen LogP) is 11.5. The molecule has 35 heavy (non-hydrogen) atoms. The third kappa shape index (κ3) is 34.9. The normalized spacial score (nSPS) is 12.0. The minimum atomic E-state index is -3.77. The first-order valence-electron chi connectivity index (χ1n) is 15.7. The van der Waals surface area contributed by atoms with Crippen molar-refractivity contribution in [3.63, 3.8) is 0 Å². The molecular formula is C30H62IO3P. The average molecular weight is 629 g/mol. The summed E-state index contributed by atoms with van der Waals surface area (Å²) in [5.74, 6) is 0. The van der Waals surface area contributed by atoms with Gasteiger partial charge in [0.2, 0.25) is 0 Å². The summed E-state index contributed by atoms with van der Waals surface area (Å²) in [6.45, 7) is 0. The summed E-state index contributed by atoms with van der Waals surface area (Å²) < 4.78 is 12.1. The van der Waals surface area contributed by atoms with Gasteiger partial charge in [-0.15, -0.1) is 0 Å². The molecule has 0 unspecified atom stereocenters. The number of alkyl halides is 1. The van der Waals surface area contributed by atoms with Crippen LogP contribution in [-0.2, 0) is 4.57 Å². The summed E-state index contributed by atoms with van der Waals surface area (Å²) in [4.78, 5) is 17.7. The van der Waals surface area contributed by atoms with Gasteiger partial charge in [0.05, 0.1) is 0 Å². The Hall–Kier alpha value is 0.880. The number of rotatable bonds is 30. The Labute approximate surface area is 234 Å². The molecule has 0 aliphatic carbocycles. The Kier molecular flexibility index (Phi) is 30.2. The third-order valence-electron chi connectivity index (χ3n) is 7.33. The lowest BCUT2D eigenvalue weighted by Gasteiger charge is -2.05. The molecule has 0 aromatic heterocycles. The van der Waals surface area contributed by atoms with Crippen LogP contribution < -0.4 is 0 Å². The summed E-state index contributed by atoms with van der Waals surface area (Å²) in [7, 11) is -3.77. The van der Waals surface area contributed by atoms with Gasteiger partial charge in [-0.3, -0.25) is 4.57 Å². The predicted molar refractivity (Wildman–Crippen MR) is 165 cm³/mol. The quantitative estimate of drug-likeness (QED) is 0.0360. The molecule has 0 amide bonds. The summed E-state index contributed by atoms with van der Waals surface area (Å²) >= 11 is 2.49. The van der Waals surface area contributed by atoms with E-state index in [0.29, 0.717) is 6.42 Å². The highest BCUT2D eigenvalue weighted by Gasteiger charge is 2.10. The molecule has 5 heteroatoms. The topological polar surface area (TPSA) is 57.5 Å². The van der Waals surface area contributed by atoms with Crippen molar-refractivity contribution in [1.82, 2.24) is 0 Å². The van der Waals surface area contributed by atoms with Gasteiger partial charge in [-0.1, -0.05) is 190 Å². The van der Waals surface area contributed by atoms with Gasteiger partial charge in [0, 0.05) is 6.16 Å². The molecule has 0 aromatic rings. The van der Waals surface area contributed by atoms with Crippen molar-refractivity contribution in [1.29, 1.82) is 0 Å². The van der Waals surface area contributed by atoms with Crippen molar-refractivity contribution >= 4 is 30.2 Å². The smallest absolute Gasteiger partial charge is 0.324 e. The van der Waals surface area contributed by atoms with Crippen molar-refractivity contribution in [3.05, 3.63) is 0 Å². The SMILES string of the molecule is O=P(O)(O)CCCCCCCCCCCCCCCCCCCCCCCCCCCCCCI. The molecule has 0 saturated heterocycles. The number of unbranched alkanes of at least 4 members (excludes halogenated alkanes) is 27. The van der Waals surface area contributed by atoms with Crippen LogP contribution in [0.25, 0.3) is 0 Å². The first-order valence-corrected chi connectivity index (χ1v) is 19.0. The van der Waals surface area contributed by atoms with E-state index in [4.69, 9.17) is 9.79 Å². The number of halogens is 1. The third-order valence-corrected chi connectivity index (χ3v) is 8.99. The summed E-state index contributed by atoms with van der Waals surface area (Å²) in [5, 5.41) is 0. The van der Waals surface area contributed by atoms with E-state index >= 15 is 0 Å². The van der Waals surface area contributed by atoms with Gasteiger partial charge < -0.3 is 9.79 Å². The Morgan fingerprint density at radius 2 is 0.514 bits per heavy atom. The molecule has 0 atom stereocenters. The average Bonchev–Trinajstić information content (AvgIpc) is 2.82. The molecule has 0 rings (SSSR count). The van der Waals surface area contributed by atoms with E-state index in [1.807, 2.05) is 0 Å². The van der Waals surface area contributed by atoms with Crippen molar-refractivity contribution in [2.75, 3.05) is 10.6 Å². The van der Waals surface area contributed by atoms with Crippen LogP contribution in [0.15, 0.2) is 0 Å². The molecule has 0 aromatic carbocycles. The van der Waals surface area contributed by atoms with Crippen molar-refractivity contribution in [2.45, 2.75) is 180 Å². The second-order valence-electron chi connectivity index (χ2n) is 11.0. The molecular weight excluding hydrogens is 566 g/mol. The van der Waals surface area contributed by atoms with Crippen LogP contribution >= 0.6 is 30.2 Å². The highest BCUT2D eigenvalue weighted by Crippen LogP contribution is 2.35. The van der Waals surface area contributed by atoms with Crippen LogP contribution in [0.3, 0.4) is 0 Å². The molecule has 2 N–H and O–H groups in total. The van der Waals surface area contributed by atoms with Crippen LogP contribution in [0.4, 0.5) is 0 Å². The van der Waals surface area contributed by atoms with E-state index in [0.717, 1.165) is 12.8 Å². The van der Waals surface area contributed by atoms with E-state index in [2.05, 4.69) is 22.6 Å². The van der Waals surface area contributed by atoms with Crippen LogP contribution in [0.5, 0.6) is 0 Å². The molecule has 3 nitrogen and oxygen atoms in total. The summed E-state index contributed by atoms with van der Waals surface area (Å²) in [6.07, 6.45) is 38.4. The van der Waals surface area contributed by atoms with E-state index in [9.17, 15) is 4.57 Å². The van der Waals surface area contributed by atoms with E-state index in [1.54, 1.807) is 0 Å². The van der Waals surface area contributed by atoms with E-state index < -0.39 is 7.60 Å². The largest absolute Gasteiger partial charge is 0.325 e. The summed E-state index contributed by atoms with van der Waals surface area (Å²) in [6, 6.07) is 0. The molecule has 0 aliphatic heterocycles. The van der Waals surface area contributed by atoms with E-state index in [1.165, 1.54) is 165 Å². The zero-order valence-corrected chi connectivity index (χ0v) is 26.4. The Morgan fingerprint density at radius 3 is 0.686 bits per heavy atom. The molecule has 0 radical (unpaired) electrons. The number of hydrogen-bond acceptors (Lipinski definition) is 1. The molecule has 212 valence electrons. The monoisotopic (exact) mass is 628 g/mol. The zero-order valence-electron chi connectivity index (χ0n) is 23.3. The van der Waals surface area contributed by atoms with Crippen LogP contribution in [0.1, 0.15) is 180 Å². The van der Waals surface area contributed by atoms with Gasteiger partial charge in [0.1, 0.15) is 0 Å². The van der Waals surface area contributed by atoms with Crippen LogP contribution in [0, 0.1) is 0 Å². The number of hydrogen-bond donors (Lipinski definition) is 2. The molecule has 0 saturated carbocycles. The standard InChI is InChI=1S/C30H62IO3P/c31-29-27-25-23-21-19-17-15-13-11-9-7-5-3-1-2-4-6-8-10-12-14-16-18-20-22-24-26-28-30-35(32,33)34/h1-30H2,(H2,32,33,34). The van der Waals surface area contributed by atoms with Gasteiger partial charge in [-0.05, 0) is 17.3 Å². The Bertz CT molecular complexity index is 441. The molecule has 0 bridgehead atoms. The molecule has 0 heterocycles. The minimum absolute atomic E-state index is 0.0619. The highest BCUT2D eigenvalue weighted by molar-refractivity contribution is 14.1. The van der Waals surface area contributed by atoms with Gasteiger partial charge in [-0.2, -0.15) is 0 Å². The zero-order chi connectivity index (χ0) is 25.7. The minimum Gasteiger partial charge on any atom is -0.324 e. The first-order chi connectivity index (χ1) is 17.1. The second kappa shape index (κ2) is 29.4. The maximum Gasteiger partial charge on any atom is 0.325 e. The van der Waals surface area contributed by atoms with Crippen LogP contribution in [0.2, 0.25) is 0 Å². The van der Waals surface area contributed by atoms with E-state index in [-0.39, 0.29) is 6.16 Å². The highest BCUT2D eigenvalue weighted by atomic mass is 127. The summed E-state index contributed by atoms with van der Waals surface area (Å²) in [5.41, 5.74) is 0. The van der Waals surface area contributed by atoms with Gasteiger partial charge >= 0.3 is 7.60 Å². The van der Waals surface area contributed by atoms with Crippen molar-refractivity contribution < 1.29 is 14.4 Å². The van der Waals surface area contributed by atoms with Gasteiger partial charge in [-0.25, -0.2) is 0 Å². The van der Waals surface area contributed by atoms with Crippen molar-refractivity contribution in [2.24, 2.45) is 0 Å². The fourth-order valence-corrected chi connectivity index (χ4v) is 6.18. The lowest BCUT2D eigenvalue weighted by atomic mass is 10.0. The molecule has 0 aliphatic rings. The lowest BCUT2D eigenvalue weighted by molar-refractivity contribution is 0.370. The fraction of sp³-hybridized carbons (Fsp3) is 1.00. The maximum absolute atomic E-state index is 10.8. The molecule has 0 fully saturated rings. The van der Waals surface area contributed by atoms with Gasteiger partial charge in [0.25, 0.3) is 0 Å². The second-order valence-corrected chi connectivity index (χ2v) is 13.8.